The Morgan fingerprint density at radius 3 is 2.72 bits per heavy atom. The van der Waals surface area contributed by atoms with Crippen molar-refractivity contribution in [2.24, 2.45) is 0 Å². The third-order valence-electron chi connectivity index (χ3n) is 2.69. The van der Waals surface area contributed by atoms with E-state index in [1.54, 1.807) is 6.92 Å². The molecule has 2 rings (SSSR count). The highest BCUT2D eigenvalue weighted by molar-refractivity contribution is 5.84. The van der Waals surface area contributed by atoms with E-state index in [0.717, 1.165) is 11.9 Å². The fraction of sp³-hybridized carbons (Fsp3) is 0.400. The number of aromatic amines is 1. The van der Waals surface area contributed by atoms with Crippen LogP contribution in [0.2, 0.25) is 0 Å². The zero-order valence-corrected chi connectivity index (χ0v) is 11.6. The molecule has 0 saturated carbocycles. The third-order valence-corrected chi connectivity index (χ3v) is 2.69. The van der Waals surface area contributed by atoms with Crippen LogP contribution in [0.4, 0.5) is 0 Å². The molecule has 0 spiro atoms. The topological polar surface area (TPSA) is 44.9 Å². The van der Waals surface area contributed by atoms with E-state index in [9.17, 15) is 4.79 Å². The number of aryl methyl sites for hydroxylation is 1. The van der Waals surface area contributed by atoms with Crippen LogP contribution >= 0.6 is 0 Å². The molecule has 0 fully saturated rings. The SMILES string of the molecule is CC.CC(=O)NCCc1c[nH]c2ccc(C)cc12. The molecule has 2 N–H and O–H groups in total. The number of amides is 1. The first kappa shape index (κ1) is 14.3. The molecule has 3 heteroatoms. The minimum Gasteiger partial charge on any atom is -0.361 e. The lowest BCUT2D eigenvalue weighted by molar-refractivity contribution is -0.118. The van der Waals surface area contributed by atoms with Crippen molar-refractivity contribution in [3.63, 3.8) is 0 Å². The van der Waals surface area contributed by atoms with Crippen LogP contribution in [0.5, 0.6) is 0 Å². The molecule has 0 aliphatic rings. The summed E-state index contributed by atoms with van der Waals surface area (Å²) in [4.78, 5) is 14.0. The van der Waals surface area contributed by atoms with E-state index in [0.29, 0.717) is 6.54 Å². The lowest BCUT2D eigenvalue weighted by atomic mass is 10.1. The van der Waals surface area contributed by atoms with Gasteiger partial charge < -0.3 is 10.3 Å². The van der Waals surface area contributed by atoms with Gasteiger partial charge in [-0.3, -0.25) is 4.79 Å². The average molecular weight is 246 g/mol. The number of aromatic nitrogens is 1. The number of hydrogen-bond acceptors (Lipinski definition) is 1. The molecule has 98 valence electrons. The highest BCUT2D eigenvalue weighted by Crippen LogP contribution is 2.19. The Morgan fingerprint density at radius 1 is 1.33 bits per heavy atom. The van der Waals surface area contributed by atoms with Crippen molar-refractivity contribution in [1.82, 2.24) is 10.3 Å². The molecule has 1 aromatic carbocycles. The zero-order valence-electron chi connectivity index (χ0n) is 11.6. The number of carbonyl (C=O) groups excluding carboxylic acids is 1. The average Bonchev–Trinajstić information content (AvgIpc) is 2.74. The molecule has 1 heterocycles. The molecule has 1 amide bonds. The minimum absolute atomic E-state index is 0.0241. The van der Waals surface area contributed by atoms with E-state index < -0.39 is 0 Å². The molecule has 0 bridgehead atoms. The summed E-state index contributed by atoms with van der Waals surface area (Å²) in [6.07, 6.45) is 2.88. The maximum atomic E-state index is 10.8. The van der Waals surface area contributed by atoms with E-state index in [4.69, 9.17) is 0 Å². The van der Waals surface area contributed by atoms with Gasteiger partial charge in [-0.05, 0) is 31.0 Å². The van der Waals surface area contributed by atoms with Crippen molar-refractivity contribution in [3.05, 3.63) is 35.5 Å². The molecule has 18 heavy (non-hydrogen) atoms. The van der Waals surface area contributed by atoms with E-state index in [1.807, 2.05) is 20.0 Å². The summed E-state index contributed by atoms with van der Waals surface area (Å²) in [7, 11) is 0. The second-order valence-corrected chi connectivity index (χ2v) is 4.10. The second-order valence-electron chi connectivity index (χ2n) is 4.10. The number of carbonyl (C=O) groups is 1. The van der Waals surface area contributed by atoms with Crippen molar-refractivity contribution in [3.8, 4) is 0 Å². The van der Waals surface area contributed by atoms with Crippen LogP contribution in [0.25, 0.3) is 10.9 Å². The molecule has 2 aromatic rings. The molecule has 0 atom stereocenters. The summed E-state index contributed by atoms with van der Waals surface area (Å²) < 4.78 is 0. The molecule has 1 aromatic heterocycles. The van der Waals surface area contributed by atoms with Crippen LogP contribution in [0.1, 0.15) is 31.9 Å². The van der Waals surface area contributed by atoms with Crippen molar-refractivity contribution in [2.45, 2.75) is 34.1 Å². The van der Waals surface area contributed by atoms with Gasteiger partial charge in [0.15, 0.2) is 0 Å². The number of rotatable bonds is 3. The van der Waals surface area contributed by atoms with Crippen LogP contribution in [-0.4, -0.2) is 17.4 Å². The maximum absolute atomic E-state index is 10.8. The Labute approximate surface area is 109 Å². The van der Waals surface area contributed by atoms with Crippen LogP contribution in [0.15, 0.2) is 24.4 Å². The molecular formula is C15H22N2O. The molecule has 0 aliphatic carbocycles. The standard InChI is InChI=1S/C13H16N2O.C2H6/c1-9-3-4-13-12(7-9)11(8-15-13)5-6-14-10(2)16;1-2/h3-4,7-8,15H,5-6H2,1-2H3,(H,14,16);1-2H3. The summed E-state index contributed by atoms with van der Waals surface area (Å²) in [5.74, 6) is 0.0241. The molecule has 3 nitrogen and oxygen atoms in total. The third kappa shape index (κ3) is 3.62. The first-order chi connectivity index (χ1) is 8.66. The number of H-pyrrole nitrogens is 1. The van der Waals surface area contributed by atoms with Gasteiger partial charge in [0, 0.05) is 30.6 Å². The Kier molecular flexibility index (Phi) is 5.43. The van der Waals surface area contributed by atoms with E-state index >= 15 is 0 Å². The summed E-state index contributed by atoms with van der Waals surface area (Å²) in [5.41, 5.74) is 3.67. The molecule has 0 radical (unpaired) electrons. The summed E-state index contributed by atoms with van der Waals surface area (Å²) in [6, 6.07) is 6.36. The maximum Gasteiger partial charge on any atom is 0.216 e. The Hall–Kier alpha value is -1.77. The lowest BCUT2D eigenvalue weighted by Crippen LogP contribution is -2.22. The number of nitrogens with one attached hydrogen (secondary N) is 2. The first-order valence-corrected chi connectivity index (χ1v) is 6.48. The molecular weight excluding hydrogens is 224 g/mol. The van der Waals surface area contributed by atoms with Crippen molar-refractivity contribution < 1.29 is 4.79 Å². The van der Waals surface area contributed by atoms with E-state index in [1.165, 1.54) is 16.5 Å². The monoisotopic (exact) mass is 246 g/mol. The Morgan fingerprint density at radius 2 is 2.06 bits per heavy atom. The van der Waals surface area contributed by atoms with Gasteiger partial charge in [0.25, 0.3) is 0 Å². The van der Waals surface area contributed by atoms with Crippen LogP contribution in [0, 0.1) is 6.92 Å². The first-order valence-electron chi connectivity index (χ1n) is 6.48. The summed E-state index contributed by atoms with van der Waals surface area (Å²) >= 11 is 0. The van der Waals surface area contributed by atoms with E-state index in [2.05, 4.69) is 35.4 Å². The Bertz CT molecular complexity index is 514. The fourth-order valence-corrected chi connectivity index (χ4v) is 1.87. The second kappa shape index (κ2) is 6.84. The number of fused-ring (bicyclic) bond motifs is 1. The van der Waals surface area contributed by atoms with Crippen molar-refractivity contribution >= 4 is 16.8 Å². The van der Waals surface area contributed by atoms with Crippen LogP contribution < -0.4 is 5.32 Å². The Balaban J connectivity index is 0.000000771. The largest absolute Gasteiger partial charge is 0.361 e. The highest BCUT2D eigenvalue weighted by Gasteiger charge is 2.03. The minimum atomic E-state index is 0.0241. The quantitative estimate of drug-likeness (QED) is 0.858. The van der Waals surface area contributed by atoms with Gasteiger partial charge in [-0.25, -0.2) is 0 Å². The van der Waals surface area contributed by atoms with Crippen LogP contribution in [-0.2, 0) is 11.2 Å². The van der Waals surface area contributed by atoms with Gasteiger partial charge >= 0.3 is 0 Å². The van der Waals surface area contributed by atoms with Gasteiger partial charge in [0.1, 0.15) is 0 Å². The van der Waals surface area contributed by atoms with Gasteiger partial charge in [-0.2, -0.15) is 0 Å². The summed E-state index contributed by atoms with van der Waals surface area (Å²) in [6.45, 7) is 8.32. The predicted molar refractivity (Wildman–Crippen MR) is 76.8 cm³/mol. The van der Waals surface area contributed by atoms with Crippen molar-refractivity contribution in [1.29, 1.82) is 0 Å². The number of hydrogen-bond donors (Lipinski definition) is 2. The molecule has 0 saturated heterocycles. The normalized spacial score (nSPS) is 9.78. The fourth-order valence-electron chi connectivity index (χ4n) is 1.87. The van der Waals surface area contributed by atoms with Gasteiger partial charge in [-0.1, -0.05) is 25.5 Å². The lowest BCUT2D eigenvalue weighted by Gasteiger charge is -2.01. The van der Waals surface area contributed by atoms with Gasteiger partial charge in [0.2, 0.25) is 5.91 Å². The predicted octanol–water partition coefficient (Wildman–Crippen LogP) is 3.18. The van der Waals surface area contributed by atoms with Crippen LogP contribution in [0.3, 0.4) is 0 Å². The van der Waals surface area contributed by atoms with Gasteiger partial charge in [-0.15, -0.1) is 0 Å². The summed E-state index contributed by atoms with van der Waals surface area (Å²) in [5, 5.41) is 4.07. The highest BCUT2D eigenvalue weighted by atomic mass is 16.1. The van der Waals surface area contributed by atoms with E-state index in [-0.39, 0.29) is 5.91 Å². The van der Waals surface area contributed by atoms with Crippen molar-refractivity contribution in [2.75, 3.05) is 6.54 Å². The smallest absolute Gasteiger partial charge is 0.216 e. The molecule has 0 aliphatic heterocycles. The zero-order chi connectivity index (χ0) is 13.5. The number of benzene rings is 1. The molecule has 0 unspecified atom stereocenters. The van der Waals surface area contributed by atoms with Gasteiger partial charge in [0.05, 0.1) is 0 Å².